The smallest absolute Gasteiger partial charge is 0.137 e. The van der Waals surface area contributed by atoms with Crippen molar-refractivity contribution in [1.29, 1.82) is 0 Å². The Labute approximate surface area is 132 Å². The highest BCUT2D eigenvalue weighted by Gasteiger charge is 2.25. The van der Waals surface area contributed by atoms with Crippen molar-refractivity contribution in [3.63, 3.8) is 0 Å². The lowest BCUT2D eigenvalue weighted by Gasteiger charge is -2.24. The molecule has 0 saturated heterocycles. The molecule has 0 aliphatic carbocycles. The third-order valence-electron chi connectivity index (χ3n) is 3.89. The molecule has 0 aliphatic heterocycles. The number of halogens is 2. The van der Waals surface area contributed by atoms with Crippen molar-refractivity contribution in [3.8, 4) is 0 Å². The quantitative estimate of drug-likeness (QED) is 0.726. The molecule has 118 valence electrons. The molecule has 0 bridgehead atoms. The molecule has 3 rings (SSSR count). The van der Waals surface area contributed by atoms with E-state index in [1.165, 1.54) is 24.8 Å². The summed E-state index contributed by atoms with van der Waals surface area (Å²) >= 11 is 0. The molecule has 2 aromatic heterocycles. The van der Waals surface area contributed by atoms with E-state index in [2.05, 4.69) is 20.1 Å². The number of rotatable bonds is 5. The third-order valence-corrected chi connectivity index (χ3v) is 3.89. The Hall–Kier alpha value is -2.70. The van der Waals surface area contributed by atoms with Crippen LogP contribution >= 0.6 is 0 Å². The summed E-state index contributed by atoms with van der Waals surface area (Å²) in [5.74, 6) is -1.55. The van der Waals surface area contributed by atoms with Crippen LogP contribution in [-0.4, -0.2) is 24.7 Å². The third kappa shape index (κ3) is 3.39. The molecule has 2 atom stereocenters. The fourth-order valence-electron chi connectivity index (χ4n) is 2.63. The topological polar surface area (TPSA) is 56.5 Å². The second-order valence-corrected chi connectivity index (χ2v) is 5.31. The zero-order valence-electron chi connectivity index (χ0n) is 12.5. The molecule has 0 spiro atoms. The summed E-state index contributed by atoms with van der Waals surface area (Å²) in [6.45, 7) is 2.36. The molecule has 2 unspecified atom stereocenters. The largest absolute Gasteiger partial charge is 0.252 e. The maximum absolute atomic E-state index is 14.3. The van der Waals surface area contributed by atoms with Crippen molar-refractivity contribution in [3.05, 3.63) is 72.3 Å². The van der Waals surface area contributed by atoms with Crippen molar-refractivity contribution in [2.24, 2.45) is 0 Å². The number of nitrogens with zero attached hydrogens (tertiary/aromatic N) is 5. The average molecular weight is 315 g/mol. The molecule has 23 heavy (non-hydrogen) atoms. The van der Waals surface area contributed by atoms with E-state index >= 15 is 0 Å². The molecule has 0 radical (unpaired) electrons. The van der Waals surface area contributed by atoms with Gasteiger partial charge in [-0.3, -0.25) is 4.68 Å². The van der Waals surface area contributed by atoms with Crippen LogP contribution in [0.2, 0.25) is 0 Å². The predicted octanol–water partition coefficient (Wildman–Crippen LogP) is 2.93. The summed E-state index contributed by atoms with van der Waals surface area (Å²) in [5, 5.41) is 4.08. The Balaban J connectivity index is 1.99. The summed E-state index contributed by atoms with van der Waals surface area (Å²) in [4.78, 5) is 12.1. The second-order valence-electron chi connectivity index (χ2n) is 5.31. The van der Waals surface area contributed by atoms with Gasteiger partial charge in [0.25, 0.3) is 0 Å². The van der Waals surface area contributed by atoms with Crippen molar-refractivity contribution in [1.82, 2.24) is 24.7 Å². The molecule has 0 aliphatic rings. The van der Waals surface area contributed by atoms with Gasteiger partial charge in [0.2, 0.25) is 0 Å². The van der Waals surface area contributed by atoms with Crippen LogP contribution < -0.4 is 0 Å². The Kier molecular flexibility index (Phi) is 4.36. The van der Waals surface area contributed by atoms with Gasteiger partial charge in [-0.15, -0.1) is 0 Å². The first-order chi connectivity index (χ1) is 11.1. The average Bonchev–Trinajstić information content (AvgIpc) is 3.07. The van der Waals surface area contributed by atoms with Gasteiger partial charge >= 0.3 is 0 Å². The highest BCUT2D eigenvalue weighted by Crippen LogP contribution is 2.34. The van der Waals surface area contributed by atoms with Gasteiger partial charge in [-0.25, -0.2) is 23.7 Å². The van der Waals surface area contributed by atoms with E-state index in [1.807, 2.05) is 6.92 Å². The van der Waals surface area contributed by atoms with Gasteiger partial charge in [0.15, 0.2) is 0 Å². The molecule has 7 heteroatoms. The number of aromatic nitrogens is 5. The lowest BCUT2D eigenvalue weighted by atomic mass is 9.84. The number of hydrogen-bond donors (Lipinski definition) is 0. The summed E-state index contributed by atoms with van der Waals surface area (Å²) < 4.78 is 29.1. The molecule has 0 amide bonds. The molecule has 1 aromatic carbocycles. The van der Waals surface area contributed by atoms with Crippen LogP contribution in [0.25, 0.3) is 0 Å². The highest BCUT2D eigenvalue weighted by molar-refractivity contribution is 5.26. The number of hydrogen-bond acceptors (Lipinski definition) is 4. The zero-order chi connectivity index (χ0) is 16.2. The second kappa shape index (κ2) is 6.60. The van der Waals surface area contributed by atoms with Crippen LogP contribution in [-0.2, 0) is 6.54 Å². The van der Waals surface area contributed by atoms with E-state index in [0.717, 1.165) is 11.8 Å². The Morgan fingerprint density at radius 2 is 2.00 bits per heavy atom. The van der Waals surface area contributed by atoms with Crippen molar-refractivity contribution in [2.75, 3.05) is 0 Å². The van der Waals surface area contributed by atoms with Gasteiger partial charge in [-0.1, -0.05) is 13.0 Å². The van der Waals surface area contributed by atoms with Crippen LogP contribution in [0.4, 0.5) is 8.78 Å². The van der Waals surface area contributed by atoms with E-state index in [-0.39, 0.29) is 11.8 Å². The molecular weight excluding hydrogens is 300 g/mol. The Morgan fingerprint density at radius 3 is 2.65 bits per heavy atom. The van der Waals surface area contributed by atoms with E-state index < -0.39 is 11.6 Å². The first kappa shape index (κ1) is 15.2. The highest BCUT2D eigenvalue weighted by atomic mass is 19.1. The summed E-state index contributed by atoms with van der Waals surface area (Å²) in [6, 6.07) is 5.43. The van der Waals surface area contributed by atoms with Gasteiger partial charge < -0.3 is 0 Å². The standard InChI is InChI=1S/C16H15F2N5/c1-11(16-4-5-19-8-21-16)14(7-23-10-20-9-22-23)13-3-2-12(17)6-15(13)18/h2-6,8-11,14H,7H2,1H3. The predicted molar refractivity (Wildman–Crippen MR) is 79.6 cm³/mol. The van der Waals surface area contributed by atoms with Crippen LogP contribution in [0.15, 0.2) is 49.4 Å². The van der Waals surface area contributed by atoms with E-state index in [1.54, 1.807) is 23.3 Å². The first-order valence-corrected chi connectivity index (χ1v) is 7.18. The number of benzene rings is 1. The molecule has 0 saturated carbocycles. The maximum atomic E-state index is 14.3. The lowest BCUT2D eigenvalue weighted by molar-refractivity contribution is 0.436. The fraction of sp³-hybridized carbons (Fsp3) is 0.250. The Bertz CT molecular complexity index is 761. The molecule has 3 aromatic rings. The van der Waals surface area contributed by atoms with Gasteiger partial charge in [0, 0.05) is 29.8 Å². The minimum atomic E-state index is -0.597. The first-order valence-electron chi connectivity index (χ1n) is 7.18. The molecule has 5 nitrogen and oxygen atoms in total. The fourth-order valence-corrected chi connectivity index (χ4v) is 2.63. The van der Waals surface area contributed by atoms with Crippen LogP contribution in [0.1, 0.15) is 30.0 Å². The molecule has 2 heterocycles. The van der Waals surface area contributed by atoms with Gasteiger partial charge in [0.1, 0.15) is 30.6 Å². The lowest BCUT2D eigenvalue weighted by Crippen LogP contribution is -2.18. The summed E-state index contributed by atoms with van der Waals surface area (Å²) in [7, 11) is 0. The Morgan fingerprint density at radius 1 is 1.13 bits per heavy atom. The monoisotopic (exact) mass is 315 g/mol. The van der Waals surface area contributed by atoms with Gasteiger partial charge in [-0.2, -0.15) is 5.10 Å². The van der Waals surface area contributed by atoms with E-state index in [4.69, 9.17) is 0 Å². The zero-order valence-corrected chi connectivity index (χ0v) is 12.5. The SMILES string of the molecule is CC(c1ccncn1)C(Cn1cncn1)c1ccc(F)cc1F. The van der Waals surface area contributed by atoms with E-state index in [0.29, 0.717) is 12.1 Å². The molecule has 0 fully saturated rings. The van der Waals surface area contributed by atoms with Crippen molar-refractivity contribution < 1.29 is 8.78 Å². The minimum Gasteiger partial charge on any atom is -0.252 e. The van der Waals surface area contributed by atoms with Crippen LogP contribution in [0.5, 0.6) is 0 Å². The maximum Gasteiger partial charge on any atom is 0.137 e. The van der Waals surface area contributed by atoms with Crippen LogP contribution in [0, 0.1) is 11.6 Å². The van der Waals surface area contributed by atoms with Gasteiger partial charge in [0.05, 0.1) is 6.54 Å². The van der Waals surface area contributed by atoms with Gasteiger partial charge in [-0.05, 0) is 17.7 Å². The van der Waals surface area contributed by atoms with Crippen molar-refractivity contribution >= 4 is 0 Å². The van der Waals surface area contributed by atoms with Crippen molar-refractivity contribution in [2.45, 2.75) is 25.3 Å². The summed E-state index contributed by atoms with van der Waals surface area (Å²) in [5.41, 5.74) is 1.21. The van der Waals surface area contributed by atoms with Crippen LogP contribution in [0.3, 0.4) is 0 Å². The summed E-state index contributed by atoms with van der Waals surface area (Å²) in [6.07, 6.45) is 6.10. The van der Waals surface area contributed by atoms with E-state index in [9.17, 15) is 8.78 Å². The normalized spacial score (nSPS) is 13.7. The molecule has 0 N–H and O–H groups in total. The molecular formula is C16H15F2N5. The minimum absolute atomic E-state index is 0.109.